The number of anilines is 2. The standard InChI is InChI=1S/C23H17FN2O2/c1-28-20-11-9-19(10-12-20)26(15-27)23-21-14-18(24)8-7-17(21)13-22(25-23)16-5-3-2-4-6-16/h2-15H,1H3. The molecule has 4 nitrogen and oxygen atoms in total. The molecule has 0 N–H and O–H groups in total. The van der Waals surface area contributed by atoms with Crippen LogP contribution in [0.5, 0.6) is 5.75 Å². The van der Waals surface area contributed by atoms with Gasteiger partial charge in [0.2, 0.25) is 6.41 Å². The van der Waals surface area contributed by atoms with Crippen molar-refractivity contribution < 1.29 is 13.9 Å². The van der Waals surface area contributed by atoms with Crippen LogP contribution in [0.3, 0.4) is 0 Å². The highest BCUT2D eigenvalue weighted by Gasteiger charge is 2.16. The second-order valence-corrected chi connectivity index (χ2v) is 6.24. The fourth-order valence-electron chi connectivity index (χ4n) is 3.12. The van der Waals surface area contributed by atoms with E-state index in [1.807, 2.05) is 36.4 Å². The minimum atomic E-state index is -0.386. The van der Waals surface area contributed by atoms with Crippen LogP contribution in [-0.2, 0) is 4.79 Å². The Bertz CT molecular complexity index is 1130. The summed E-state index contributed by atoms with van der Waals surface area (Å²) in [5, 5.41) is 1.35. The van der Waals surface area contributed by atoms with Gasteiger partial charge in [-0.25, -0.2) is 9.37 Å². The van der Waals surface area contributed by atoms with E-state index in [2.05, 4.69) is 0 Å². The number of fused-ring (bicyclic) bond motifs is 1. The van der Waals surface area contributed by atoms with E-state index in [0.717, 1.165) is 10.9 Å². The second-order valence-electron chi connectivity index (χ2n) is 6.24. The number of rotatable bonds is 5. The van der Waals surface area contributed by atoms with Crippen molar-refractivity contribution in [3.63, 3.8) is 0 Å². The van der Waals surface area contributed by atoms with Crippen LogP contribution in [0.25, 0.3) is 22.0 Å². The molecule has 4 aromatic rings. The molecule has 0 spiro atoms. The molecular weight excluding hydrogens is 355 g/mol. The molecule has 1 aromatic heterocycles. The molecule has 0 saturated heterocycles. The highest BCUT2D eigenvalue weighted by Crippen LogP contribution is 2.34. The van der Waals surface area contributed by atoms with E-state index < -0.39 is 0 Å². The third-order valence-corrected chi connectivity index (χ3v) is 4.53. The SMILES string of the molecule is COc1ccc(N(C=O)c2nc(-c3ccccc3)cc3ccc(F)cc23)cc1. The lowest BCUT2D eigenvalue weighted by Gasteiger charge is -2.20. The highest BCUT2D eigenvalue weighted by atomic mass is 19.1. The van der Waals surface area contributed by atoms with Crippen molar-refractivity contribution in [3.8, 4) is 17.0 Å². The first-order chi connectivity index (χ1) is 13.7. The van der Waals surface area contributed by atoms with Crippen molar-refractivity contribution in [2.75, 3.05) is 12.0 Å². The van der Waals surface area contributed by atoms with Gasteiger partial charge in [0.05, 0.1) is 18.5 Å². The van der Waals surface area contributed by atoms with Gasteiger partial charge in [-0.15, -0.1) is 0 Å². The number of benzene rings is 3. The number of carbonyl (C=O) groups excluding carboxylic acids is 1. The Morgan fingerprint density at radius 1 is 0.964 bits per heavy atom. The summed E-state index contributed by atoms with van der Waals surface area (Å²) in [5.74, 6) is 0.663. The van der Waals surface area contributed by atoms with Crippen LogP contribution >= 0.6 is 0 Å². The molecule has 1 amide bonds. The molecule has 28 heavy (non-hydrogen) atoms. The molecule has 0 atom stereocenters. The van der Waals surface area contributed by atoms with Gasteiger partial charge in [-0.05, 0) is 47.9 Å². The van der Waals surface area contributed by atoms with Crippen LogP contribution in [0.15, 0.2) is 78.9 Å². The zero-order chi connectivity index (χ0) is 19.5. The largest absolute Gasteiger partial charge is 0.497 e. The predicted octanol–water partition coefficient (Wildman–Crippen LogP) is 5.34. The zero-order valence-electron chi connectivity index (χ0n) is 15.2. The Balaban J connectivity index is 1.94. The Kier molecular flexibility index (Phi) is 4.72. The average Bonchev–Trinajstić information content (AvgIpc) is 2.75. The van der Waals surface area contributed by atoms with Gasteiger partial charge >= 0.3 is 0 Å². The molecule has 0 saturated carbocycles. The molecule has 0 radical (unpaired) electrons. The molecule has 0 fully saturated rings. The molecule has 1 heterocycles. The van der Waals surface area contributed by atoms with Gasteiger partial charge in [-0.3, -0.25) is 9.69 Å². The maximum absolute atomic E-state index is 14.0. The first kappa shape index (κ1) is 17.7. The van der Waals surface area contributed by atoms with Crippen LogP contribution in [0.2, 0.25) is 0 Å². The summed E-state index contributed by atoms with van der Waals surface area (Å²) in [6, 6.07) is 23.1. The first-order valence-corrected chi connectivity index (χ1v) is 8.74. The third kappa shape index (κ3) is 3.30. The van der Waals surface area contributed by atoms with Crippen molar-refractivity contribution >= 4 is 28.7 Å². The Labute approximate surface area is 161 Å². The third-order valence-electron chi connectivity index (χ3n) is 4.53. The normalized spacial score (nSPS) is 10.6. The van der Waals surface area contributed by atoms with Gasteiger partial charge in [0, 0.05) is 10.9 Å². The van der Waals surface area contributed by atoms with E-state index in [1.54, 1.807) is 37.4 Å². The molecule has 4 rings (SSSR count). The fraction of sp³-hybridized carbons (Fsp3) is 0.0435. The molecule has 5 heteroatoms. The molecule has 138 valence electrons. The summed E-state index contributed by atoms with van der Waals surface area (Å²) < 4.78 is 19.1. The van der Waals surface area contributed by atoms with Gasteiger partial charge in [0.25, 0.3) is 0 Å². The summed E-state index contributed by atoms with van der Waals surface area (Å²) in [4.78, 5) is 18.1. The number of hydrogen-bond donors (Lipinski definition) is 0. The van der Waals surface area contributed by atoms with Gasteiger partial charge < -0.3 is 4.74 Å². The van der Waals surface area contributed by atoms with E-state index in [1.165, 1.54) is 17.0 Å². The molecule has 3 aromatic carbocycles. The van der Waals surface area contributed by atoms with Gasteiger partial charge in [0.1, 0.15) is 17.4 Å². The number of ether oxygens (including phenoxy) is 1. The summed E-state index contributed by atoms with van der Waals surface area (Å²) >= 11 is 0. The Hall–Kier alpha value is -3.73. The van der Waals surface area contributed by atoms with E-state index >= 15 is 0 Å². The maximum Gasteiger partial charge on any atom is 0.219 e. The number of amides is 1. The van der Waals surface area contributed by atoms with Crippen LogP contribution in [0.1, 0.15) is 0 Å². The quantitative estimate of drug-likeness (QED) is 0.444. The van der Waals surface area contributed by atoms with Crippen LogP contribution in [0.4, 0.5) is 15.9 Å². The van der Waals surface area contributed by atoms with Crippen LogP contribution in [0, 0.1) is 5.82 Å². The number of hydrogen-bond acceptors (Lipinski definition) is 3. The smallest absolute Gasteiger partial charge is 0.219 e. The average molecular weight is 372 g/mol. The number of aromatic nitrogens is 1. The lowest BCUT2D eigenvalue weighted by Crippen LogP contribution is -2.16. The Morgan fingerprint density at radius 2 is 1.71 bits per heavy atom. The monoisotopic (exact) mass is 372 g/mol. The molecule has 0 unspecified atom stereocenters. The predicted molar refractivity (Wildman–Crippen MR) is 108 cm³/mol. The summed E-state index contributed by atoms with van der Waals surface area (Å²) in [7, 11) is 1.58. The molecular formula is C23H17FN2O2. The lowest BCUT2D eigenvalue weighted by molar-refractivity contribution is -0.106. The van der Waals surface area contributed by atoms with E-state index in [4.69, 9.17) is 9.72 Å². The van der Waals surface area contributed by atoms with Crippen molar-refractivity contribution in [2.24, 2.45) is 0 Å². The van der Waals surface area contributed by atoms with Crippen molar-refractivity contribution in [2.45, 2.75) is 0 Å². The minimum Gasteiger partial charge on any atom is -0.497 e. The number of carbonyl (C=O) groups is 1. The Morgan fingerprint density at radius 3 is 2.39 bits per heavy atom. The summed E-state index contributed by atoms with van der Waals surface area (Å²) in [5.41, 5.74) is 2.23. The van der Waals surface area contributed by atoms with E-state index in [0.29, 0.717) is 34.7 Å². The summed E-state index contributed by atoms with van der Waals surface area (Å²) in [6.45, 7) is 0. The van der Waals surface area contributed by atoms with Crippen molar-refractivity contribution in [1.29, 1.82) is 0 Å². The molecule has 0 aliphatic heterocycles. The van der Waals surface area contributed by atoms with Crippen LogP contribution in [-0.4, -0.2) is 18.5 Å². The van der Waals surface area contributed by atoms with Gasteiger partial charge in [-0.2, -0.15) is 0 Å². The van der Waals surface area contributed by atoms with Crippen molar-refractivity contribution in [3.05, 3.63) is 84.7 Å². The number of methoxy groups -OCH3 is 1. The molecule has 0 aliphatic carbocycles. The number of pyridine rings is 1. The molecule has 0 aliphatic rings. The summed E-state index contributed by atoms with van der Waals surface area (Å²) in [6.07, 6.45) is 0.684. The fourth-order valence-corrected chi connectivity index (χ4v) is 3.12. The van der Waals surface area contributed by atoms with Gasteiger partial charge in [-0.1, -0.05) is 36.4 Å². The first-order valence-electron chi connectivity index (χ1n) is 8.74. The maximum atomic E-state index is 14.0. The number of nitrogens with zero attached hydrogens (tertiary/aromatic N) is 2. The van der Waals surface area contributed by atoms with E-state index in [9.17, 15) is 9.18 Å². The topological polar surface area (TPSA) is 42.4 Å². The van der Waals surface area contributed by atoms with Gasteiger partial charge in [0.15, 0.2) is 0 Å². The molecule has 0 bridgehead atoms. The lowest BCUT2D eigenvalue weighted by atomic mass is 10.1. The second kappa shape index (κ2) is 7.48. The highest BCUT2D eigenvalue weighted by molar-refractivity contribution is 6.01. The zero-order valence-corrected chi connectivity index (χ0v) is 15.2. The minimum absolute atomic E-state index is 0.371. The van der Waals surface area contributed by atoms with E-state index in [-0.39, 0.29) is 5.82 Å². The van der Waals surface area contributed by atoms with Crippen LogP contribution < -0.4 is 9.64 Å². The van der Waals surface area contributed by atoms with Crippen molar-refractivity contribution in [1.82, 2.24) is 4.98 Å². The number of halogens is 1.